The lowest BCUT2D eigenvalue weighted by molar-refractivity contribution is 0.733. The maximum Gasteiger partial charge on any atom is 0.132 e. The van der Waals surface area contributed by atoms with Gasteiger partial charge in [0.15, 0.2) is 0 Å². The molecular weight excluding hydrogens is 258 g/mol. The van der Waals surface area contributed by atoms with Crippen LogP contribution >= 0.6 is 0 Å². The largest absolute Gasteiger partial charge is 0.383 e. The van der Waals surface area contributed by atoms with Crippen molar-refractivity contribution in [2.45, 2.75) is 47.1 Å². The number of aryl methyl sites for hydroxylation is 4. The molecule has 2 N–H and O–H groups in total. The molecule has 3 heteroatoms. The average Bonchev–Trinajstić information content (AvgIpc) is 2.68. The van der Waals surface area contributed by atoms with Crippen molar-refractivity contribution in [2.75, 3.05) is 5.73 Å². The van der Waals surface area contributed by atoms with E-state index in [0.29, 0.717) is 12.4 Å². The number of aromatic nitrogens is 2. The summed E-state index contributed by atoms with van der Waals surface area (Å²) < 4.78 is 1.96. The fourth-order valence-electron chi connectivity index (χ4n) is 2.93. The zero-order valence-corrected chi connectivity index (χ0v) is 13.3. The van der Waals surface area contributed by atoms with E-state index in [1.807, 2.05) is 4.57 Å². The first-order chi connectivity index (χ1) is 9.99. The van der Waals surface area contributed by atoms with Crippen LogP contribution in [0.5, 0.6) is 0 Å². The standard InChI is InChI=1S/C18H23N3/c1-6-8-15-20-17(18(19)21(15)9-7-2)16-13(4)10-12(3)11-14(16)5/h2,10-11H,6,8-9,19H2,1,3-5H3. The first-order valence-corrected chi connectivity index (χ1v) is 7.36. The molecule has 0 saturated heterocycles. The Morgan fingerprint density at radius 2 is 1.86 bits per heavy atom. The highest BCUT2D eigenvalue weighted by Crippen LogP contribution is 2.32. The summed E-state index contributed by atoms with van der Waals surface area (Å²) in [6, 6.07) is 4.34. The van der Waals surface area contributed by atoms with E-state index in [9.17, 15) is 0 Å². The van der Waals surface area contributed by atoms with Crippen molar-refractivity contribution in [3.63, 3.8) is 0 Å². The minimum Gasteiger partial charge on any atom is -0.383 e. The monoisotopic (exact) mass is 281 g/mol. The van der Waals surface area contributed by atoms with Crippen LogP contribution < -0.4 is 5.73 Å². The fraction of sp³-hybridized carbons (Fsp3) is 0.389. The van der Waals surface area contributed by atoms with Gasteiger partial charge in [0.25, 0.3) is 0 Å². The lowest BCUT2D eigenvalue weighted by Crippen LogP contribution is -2.06. The van der Waals surface area contributed by atoms with E-state index in [1.165, 1.54) is 16.7 Å². The fourth-order valence-corrected chi connectivity index (χ4v) is 2.93. The minimum absolute atomic E-state index is 0.470. The molecule has 0 aliphatic rings. The molecule has 21 heavy (non-hydrogen) atoms. The molecule has 3 nitrogen and oxygen atoms in total. The number of anilines is 1. The average molecular weight is 281 g/mol. The van der Waals surface area contributed by atoms with Crippen molar-refractivity contribution >= 4 is 5.82 Å². The summed E-state index contributed by atoms with van der Waals surface area (Å²) in [6.45, 7) is 8.92. The topological polar surface area (TPSA) is 43.8 Å². The second kappa shape index (κ2) is 6.05. The van der Waals surface area contributed by atoms with Gasteiger partial charge in [-0.3, -0.25) is 0 Å². The molecule has 0 unspecified atom stereocenters. The van der Waals surface area contributed by atoms with Crippen molar-refractivity contribution in [2.24, 2.45) is 0 Å². The second-order valence-electron chi connectivity index (χ2n) is 5.58. The molecule has 0 aliphatic carbocycles. The van der Waals surface area contributed by atoms with Crippen molar-refractivity contribution in [3.05, 3.63) is 34.6 Å². The van der Waals surface area contributed by atoms with Crippen LogP contribution in [0.2, 0.25) is 0 Å². The van der Waals surface area contributed by atoms with Crippen LogP contribution in [0.25, 0.3) is 11.3 Å². The molecule has 110 valence electrons. The Hall–Kier alpha value is -2.21. The van der Waals surface area contributed by atoms with Crippen molar-refractivity contribution in [3.8, 4) is 23.6 Å². The number of imidazole rings is 1. The van der Waals surface area contributed by atoms with Crippen LogP contribution in [0.15, 0.2) is 12.1 Å². The van der Waals surface area contributed by atoms with Gasteiger partial charge in [-0.2, -0.15) is 0 Å². The summed E-state index contributed by atoms with van der Waals surface area (Å²) >= 11 is 0. The van der Waals surface area contributed by atoms with Gasteiger partial charge in [0.05, 0.1) is 6.54 Å². The van der Waals surface area contributed by atoms with Gasteiger partial charge in [0, 0.05) is 12.0 Å². The zero-order valence-electron chi connectivity index (χ0n) is 13.3. The smallest absolute Gasteiger partial charge is 0.132 e. The molecule has 0 aliphatic heterocycles. The van der Waals surface area contributed by atoms with Gasteiger partial charge >= 0.3 is 0 Å². The molecule has 2 rings (SSSR count). The van der Waals surface area contributed by atoms with Crippen LogP contribution in [-0.4, -0.2) is 9.55 Å². The Balaban J connectivity index is 2.65. The highest BCUT2D eigenvalue weighted by atomic mass is 15.1. The highest BCUT2D eigenvalue weighted by Gasteiger charge is 2.18. The van der Waals surface area contributed by atoms with E-state index in [0.717, 1.165) is 29.9 Å². The summed E-state index contributed by atoms with van der Waals surface area (Å²) in [5.74, 6) is 4.32. The summed E-state index contributed by atoms with van der Waals surface area (Å²) in [6.07, 6.45) is 7.37. The van der Waals surface area contributed by atoms with Gasteiger partial charge in [-0.15, -0.1) is 6.42 Å². The summed E-state index contributed by atoms with van der Waals surface area (Å²) in [7, 11) is 0. The first-order valence-electron chi connectivity index (χ1n) is 7.36. The van der Waals surface area contributed by atoms with E-state index in [1.54, 1.807) is 0 Å². The SMILES string of the molecule is C#CCn1c(CCC)nc(-c2c(C)cc(C)cc2C)c1N. The molecule has 2 aromatic rings. The summed E-state index contributed by atoms with van der Waals surface area (Å²) in [4.78, 5) is 4.78. The maximum atomic E-state index is 6.33. The number of hydrogen-bond donors (Lipinski definition) is 1. The number of rotatable bonds is 4. The molecule has 0 amide bonds. The Morgan fingerprint density at radius 1 is 1.24 bits per heavy atom. The summed E-state index contributed by atoms with van der Waals surface area (Å²) in [5.41, 5.74) is 12.0. The molecule has 0 bridgehead atoms. The Morgan fingerprint density at radius 3 is 2.38 bits per heavy atom. The molecule has 0 radical (unpaired) electrons. The Kier molecular flexibility index (Phi) is 4.37. The number of nitrogens with two attached hydrogens (primary N) is 1. The number of hydrogen-bond acceptors (Lipinski definition) is 2. The first kappa shape index (κ1) is 15.2. The van der Waals surface area contributed by atoms with Gasteiger partial charge in [-0.1, -0.05) is 30.5 Å². The van der Waals surface area contributed by atoms with E-state index in [-0.39, 0.29) is 0 Å². The molecule has 1 aromatic heterocycles. The van der Waals surface area contributed by atoms with Crippen LogP contribution in [-0.2, 0) is 13.0 Å². The molecule has 0 spiro atoms. The third kappa shape index (κ3) is 2.80. The molecule has 0 saturated carbocycles. The second-order valence-corrected chi connectivity index (χ2v) is 5.58. The number of nitrogen functional groups attached to an aromatic ring is 1. The molecule has 0 fully saturated rings. The van der Waals surface area contributed by atoms with Crippen LogP contribution in [0.4, 0.5) is 5.82 Å². The van der Waals surface area contributed by atoms with E-state index < -0.39 is 0 Å². The van der Waals surface area contributed by atoms with Crippen molar-refractivity contribution in [1.82, 2.24) is 9.55 Å². The molecule has 0 atom stereocenters. The maximum absolute atomic E-state index is 6.33. The third-order valence-electron chi connectivity index (χ3n) is 3.72. The van der Waals surface area contributed by atoms with E-state index >= 15 is 0 Å². The highest BCUT2D eigenvalue weighted by molar-refractivity contribution is 5.76. The van der Waals surface area contributed by atoms with Gasteiger partial charge < -0.3 is 10.3 Å². The Labute approximate surface area is 127 Å². The predicted molar refractivity (Wildman–Crippen MR) is 89.1 cm³/mol. The molecular formula is C18H23N3. The quantitative estimate of drug-likeness (QED) is 0.869. The molecule has 1 heterocycles. The molecule has 1 aromatic carbocycles. The van der Waals surface area contributed by atoms with Gasteiger partial charge in [0.2, 0.25) is 0 Å². The minimum atomic E-state index is 0.470. The van der Waals surface area contributed by atoms with E-state index in [4.69, 9.17) is 17.1 Å². The lowest BCUT2D eigenvalue weighted by atomic mass is 9.97. The predicted octanol–water partition coefficient (Wildman–Crippen LogP) is 3.64. The van der Waals surface area contributed by atoms with Crippen molar-refractivity contribution in [1.29, 1.82) is 0 Å². The van der Waals surface area contributed by atoms with Crippen LogP contribution in [0, 0.1) is 33.1 Å². The normalized spacial score (nSPS) is 10.6. The van der Waals surface area contributed by atoms with Crippen LogP contribution in [0.1, 0.15) is 35.9 Å². The van der Waals surface area contributed by atoms with Gasteiger partial charge in [0.1, 0.15) is 17.3 Å². The van der Waals surface area contributed by atoms with Gasteiger partial charge in [-0.05, 0) is 38.3 Å². The van der Waals surface area contributed by atoms with E-state index in [2.05, 4.69) is 45.7 Å². The Bertz CT molecular complexity index is 679. The lowest BCUT2D eigenvalue weighted by Gasteiger charge is -2.10. The van der Waals surface area contributed by atoms with Crippen molar-refractivity contribution < 1.29 is 0 Å². The van der Waals surface area contributed by atoms with Gasteiger partial charge in [-0.25, -0.2) is 4.98 Å². The number of terminal acetylenes is 1. The number of benzene rings is 1. The zero-order chi connectivity index (χ0) is 15.6. The summed E-state index contributed by atoms with van der Waals surface area (Å²) in [5, 5.41) is 0. The van der Waals surface area contributed by atoms with Crippen LogP contribution in [0.3, 0.4) is 0 Å². The number of nitrogens with zero attached hydrogens (tertiary/aromatic N) is 2. The third-order valence-corrected chi connectivity index (χ3v) is 3.72.